The molecule has 0 bridgehead atoms. The third-order valence-corrected chi connectivity index (χ3v) is 3.42. The predicted octanol–water partition coefficient (Wildman–Crippen LogP) is 1.91. The minimum atomic E-state index is 0.368. The molecule has 0 saturated carbocycles. The average Bonchev–Trinajstić information content (AvgIpc) is 2.29. The first-order valence-corrected chi connectivity index (χ1v) is 6.01. The van der Waals surface area contributed by atoms with Crippen molar-refractivity contribution in [3.63, 3.8) is 0 Å². The fourth-order valence-corrected chi connectivity index (χ4v) is 2.41. The van der Waals surface area contributed by atoms with E-state index in [1.54, 1.807) is 0 Å². The van der Waals surface area contributed by atoms with Crippen LogP contribution in [0.25, 0.3) is 0 Å². The number of nitrogens with two attached hydrogens (primary N) is 1. The Morgan fingerprint density at radius 3 is 2.62 bits per heavy atom. The maximum atomic E-state index is 5.57. The van der Waals surface area contributed by atoms with E-state index in [2.05, 4.69) is 21.8 Å². The quantitative estimate of drug-likeness (QED) is 0.827. The van der Waals surface area contributed by atoms with Gasteiger partial charge in [-0.25, -0.2) is 9.97 Å². The van der Waals surface area contributed by atoms with E-state index in [1.165, 1.54) is 37.9 Å². The molecule has 0 radical (unpaired) electrons. The molecule has 0 aliphatic carbocycles. The normalized spacial score (nSPS) is 19.6. The summed E-state index contributed by atoms with van der Waals surface area (Å²) in [5.41, 5.74) is 7.78. The largest absolute Gasteiger partial charge is 0.368 e. The van der Waals surface area contributed by atoms with Crippen molar-refractivity contribution in [1.82, 2.24) is 14.9 Å². The lowest BCUT2D eigenvalue weighted by atomic mass is 10.0. The molecule has 1 unspecified atom stereocenters. The number of aromatic nitrogens is 2. The molecule has 88 valence electrons. The third-order valence-electron chi connectivity index (χ3n) is 3.42. The topological polar surface area (TPSA) is 55.0 Å². The highest BCUT2D eigenvalue weighted by Crippen LogP contribution is 2.25. The van der Waals surface area contributed by atoms with Gasteiger partial charge in [0.15, 0.2) is 0 Å². The minimum absolute atomic E-state index is 0.368. The summed E-state index contributed by atoms with van der Waals surface area (Å²) in [5.74, 6) is 0.368. The third kappa shape index (κ3) is 2.32. The highest BCUT2D eigenvalue weighted by Gasteiger charge is 2.20. The van der Waals surface area contributed by atoms with Crippen molar-refractivity contribution in [3.05, 3.63) is 17.5 Å². The van der Waals surface area contributed by atoms with Gasteiger partial charge in [-0.3, -0.25) is 4.90 Å². The molecule has 1 fully saturated rings. The number of piperidine rings is 1. The summed E-state index contributed by atoms with van der Waals surface area (Å²) >= 11 is 0. The van der Waals surface area contributed by atoms with Gasteiger partial charge in [0.05, 0.1) is 0 Å². The smallest absolute Gasteiger partial charge is 0.220 e. The van der Waals surface area contributed by atoms with Crippen LogP contribution in [0.15, 0.2) is 6.20 Å². The first-order chi connectivity index (χ1) is 7.68. The van der Waals surface area contributed by atoms with Crippen molar-refractivity contribution in [2.45, 2.75) is 39.2 Å². The molecular weight excluding hydrogens is 200 g/mol. The molecule has 2 heterocycles. The number of likely N-dealkylation sites (tertiary alicyclic amines) is 1. The van der Waals surface area contributed by atoms with Gasteiger partial charge >= 0.3 is 0 Å². The van der Waals surface area contributed by atoms with Gasteiger partial charge in [0, 0.05) is 23.5 Å². The molecule has 1 aliphatic rings. The second-order valence-electron chi connectivity index (χ2n) is 4.54. The van der Waals surface area contributed by atoms with Crippen molar-refractivity contribution >= 4 is 5.95 Å². The molecule has 1 aromatic heterocycles. The van der Waals surface area contributed by atoms with Gasteiger partial charge in [-0.1, -0.05) is 6.42 Å². The Balaban J connectivity index is 2.15. The van der Waals surface area contributed by atoms with Crippen LogP contribution in [-0.2, 0) is 0 Å². The standard InChI is InChI=1S/C12H20N4/c1-9-11(8-14-12(13)15-9)10(2)16-6-4-3-5-7-16/h8,10H,3-7H2,1-2H3,(H2,13,14,15). The molecular formula is C12H20N4. The zero-order chi connectivity index (χ0) is 11.5. The molecule has 1 atom stereocenters. The Kier molecular flexibility index (Phi) is 3.39. The van der Waals surface area contributed by atoms with E-state index in [0.29, 0.717) is 12.0 Å². The number of hydrogen-bond donors (Lipinski definition) is 1. The van der Waals surface area contributed by atoms with Crippen LogP contribution in [-0.4, -0.2) is 28.0 Å². The average molecular weight is 220 g/mol. The van der Waals surface area contributed by atoms with Gasteiger partial charge in [0.1, 0.15) is 0 Å². The number of aryl methyl sites for hydroxylation is 1. The van der Waals surface area contributed by atoms with Crippen LogP contribution < -0.4 is 5.73 Å². The molecule has 16 heavy (non-hydrogen) atoms. The predicted molar refractivity (Wildman–Crippen MR) is 65.0 cm³/mol. The summed E-state index contributed by atoms with van der Waals surface area (Å²) < 4.78 is 0. The molecule has 0 aromatic carbocycles. The van der Waals surface area contributed by atoms with E-state index in [-0.39, 0.29) is 0 Å². The molecule has 2 N–H and O–H groups in total. The highest BCUT2D eigenvalue weighted by molar-refractivity contribution is 5.26. The van der Waals surface area contributed by atoms with Crippen LogP contribution in [0.3, 0.4) is 0 Å². The number of rotatable bonds is 2. The molecule has 4 nitrogen and oxygen atoms in total. The monoisotopic (exact) mass is 220 g/mol. The zero-order valence-corrected chi connectivity index (χ0v) is 10.1. The summed E-state index contributed by atoms with van der Waals surface area (Å²) in [6.45, 7) is 6.61. The molecule has 1 aliphatic heterocycles. The molecule has 0 amide bonds. The van der Waals surface area contributed by atoms with Crippen molar-refractivity contribution in [2.24, 2.45) is 0 Å². The van der Waals surface area contributed by atoms with Gasteiger partial charge in [0.25, 0.3) is 0 Å². The Morgan fingerprint density at radius 1 is 1.31 bits per heavy atom. The second kappa shape index (κ2) is 4.78. The summed E-state index contributed by atoms with van der Waals surface area (Å²) in [6, 6.07) is 0.404. The number of anilines is 1. The molecule has 2 rings (SSSR count). The summed E-state index contributed by atoms with van der Waals surface area (Å²) in [6.07, 6.45) is 5.84. The Bertz CT molecular complexity index is 358. The van der Waals surface area contributed by atoms with E-state index in [0.717, 1.165) is 5.69 Å². The molecule has 0 spiro atoms. The fourth-order valence-electron chi connectivity index (χ4n) is 2.41. The van der Waals surface area contributed by atoms with E-state index in [9.17, 15) is 0 Å². The SMILES string of the molecule is Cc1nc(N)ncc1C(C)N1CCCCC1. The van der Waals surface area contributed by atoms with Crippen LogP contribution in [0.5, 0.6) is 0 Å². The van der Waals surface area contributed by atoms with Crippen molar-refractivity contribution in [3.8, 4) is 0 Å². The van der Waals surface area contributed by atoms with Crippen LogP contribution >= 0.6 is 0 Å². The summed E-state index contributed by atoms with van der Waals surface area (Å²) in [7, 11) is 0. The van der Waals surface area contributed by atoms with E-state index in [1.807, 2.05) is 13.1 Å². The molecule has 4 heteroatoms. The Morgan fingerprint density at radius 2 is 2.00 bits per heavy atom. The lowest BCUT2D eigenvalue weighted by Crippen LogP contribution is -2.32. The Labute approximate surface area is 96.9 Å². The number of nitrogens with zero attached hydrogens (tertiary/aromatic N) is 3. The van der Waals surface area contributed by atoms with Crippen molar-refractivity contribution < 1.29 is 0 Å². The minimum Gasteiger partial charge on any atom is -0.368 e. The lowest BCUT2D eigenvalue weighted by Gasteiger charge is -2.32. The molecule has 1 saturated heterocycles. The van der Waals surface area contributed by atoms with Crippen LogP contribution in [0.2, 0.25) is 0 Å². The van der Waals surface area contributed by atoms with E-state index >= 15 is 0 Å². The van der Waals surface area contributed by atoms with Crippen LogP contribution in [0.4, 0.5) is 5.95 Å². The highest BCUT2D eigenvalue weighted by atomic mass is 15.2. The van der Waals surface area contributed by atoms with E-state index < -0.39 is 0 Å². The molecule has 1 aromatic rings. The maximum Gasteiger partial charge on any atom is 0.220 e. The van der Waals surface area contributed by atoms with Gasteiger partial charge in [-0.2, -0.15) is 0 Å². The van der Waals surface area contributed by atoms with Crippen molar-refractivity contribution in [2.75, 3.05) is 18.8 Å². The first-order valence-electron chi connectivity index (χ1n) is 6.01. The lowest BCUT2D eigenvalue weighted by molar-refractivity contribution is 0.174. The number of nitrogen functional groups attached to an aromatic ring is 1. The van der Waals surface area contributed by atoms with Gasteiger partial charge in [0.2, 0.25) is 5.95 Å². The fraction of sp³-hybridized carbons (Fsp3) is 0.667. The summed E-state index contributed by atoms with van der Waals surface area (Å²) in [5, 5.41) is 0. The zero-order valence-electron chi connectivity index (χ0n) is 10.1. The number of hydrogen-bond acceptors (Lipinski definition) is 4. The first kappa shape index (κ1) is 11.3. The van der Waals surface area contributed by atoms with Crippen molar-refractivity contribution in [1.29, 1.82) is 0 Å². The van der Waals surface area contributed by atoms with Gasteiger partial charge in [-0.05, 0) is 39.8 Å². The van der Waals surface area contributed by atoms with Gasteiger partial charge in [-0.15, -0.1) is 0 Å². The van der Waals surface area contributed by atoms with E-state index in [4.69, 9.17) is 5.73 Å². The van der Waals surface area contributed by atoms with Crippen LogP contribution in [0.1, 0.15) is 43.5 Å². The van der Waals surface area contributed by atoms with Crippen LogP contribution in [0, 0.1) is 6.92 Å². The van der Waals surface area contributed by atoms with Gasteiger partial charge < -0.3 is 5.73 Å². The Hall–Kier alpha value is -1.16. The second-order valence-corrected chi connectivity index (χ2v) is 4.54. The summed E-state index contributed by atoms with van der Waals surface area (Å²) in [4.78, 5) is 10.8. The maximum absolute atomic E-state index is 5.57.